The highest BCUT2D eigenvalue weighted by Crippen LogP contribution is 2.39. The predicted molar refractivity (Wildman–Crippen MR) is 127 cm³/mol. The lowest BCUT2D eigenvalue weighted by molar-refractivity contribution is -0.123. The molecule has 1 amide bonds. The number of nitrogens with one attached hydrogen (secondary N) is 1. The van der Waals surface area contributed by atoms with Crippen molar-refractivity contribution in [1.29, 1.82) is 0 Å². The number of benzene rings is 4. The summed E-state index contributed by atoms with van der Waals surface area (Å²) in [6.45, 7) is 2.04. The van der Waals surface area contributed by atoms with Gasteiger partial charge in [-0.05, 0) is 29.2 Å². The zero-order chi connectivity index (χ0) is 21.5. The molecule has 0 radical (unpaired) electrons. The van der Waals surface area contributed by atoms with Gasteiger partial charge in [-0.15, -0.1) is 0 Å². The maximum absolute atomic E-state index is 13.8. The first-order valence-corrected chi connectivity index (χ1v) is 10.7. The van der Waals surface area contributed by atoms with E-state index in [9.17, 15) is 4.79 Å². The van der Waals surface area contributed by atoms with E-state index < -0.39 is 0 Å². The van der Waals surface area contributed by atoms with Crippen molar-refractivity contribution in [1.82, 2.24) is 5.32 Å². The van der Waals surface area contributed by atoms with E-state index in [0.29, 0.717) is 0 Å². The van der Waals surface area contributed by atoms with Crippen molar-refractivity contribution in [2.75, 3.05) is 0 Å². The molecule has 0 aliphatic rings. The maximum Gasteiger partial charge on any atom is 0.228 e. The number of carbonyl (C=O) groups excluding carboxylic acids is 1. The van der Waals surface area contributed by atoms with Crippen molar-refractivity contribution in [3.8, 4) is 0 Å². The highest BCUT2D eigenvalue weighted by atomic mass is 16.2. The zero-order valence-corrected chi connectivity index (χ0v) is 17.7. The molecule has 0 spiro atoms. The van der Waals surface area contributed by atoms with E-state index in [1.54, 1.807) is 0 Å². The van der Waals surface area contributed by atoms with E-state index in [4.69, 9.17) is 0 Å². The standard InChI is InChI=1S/C29H27NO/c1-22(23-14-6-2-7-15-23)30-29(31)28(26-20-12-5-13-21-26)27(24-16-8-3-9-17-24)25-18-10-4-11-19-25/h2-22,27-28H,1H3,(H,30,31). The fraction of sp³-hybridized carbons (Fsp3) is 0.138. The molecule has 0 aliphatic heterocycles. The topological polar surface area (TPSA) is 29.1 Å². The number of rotatable bonds is 7. The molecule has 0 saturated heterocycles. The van der Waals surface area contributed by atoms with Gasteiger partial charge in [-0.3, -0.25) is 4.79 Å². The van der Waals surface area contributed by atoms with Crippen LogP contribution in [0.3, 0.4) is 0 Å². The van der Waals surface area contributed by atoms with Crippen molar-refractivity contribution >= 4 is 5.91 Å². The fourth-order valence-electron chi connectivity index (χ4n) is 4.18. The second kappa shape index (κ2) is 9.90. The highest BCUT2D eigenvalue weighted by Gasteiger charge is 2.33. The molecule has 154 valence electrons. The van der Waals surface area contributed by atoms with Gasteiger partial charge < -0.3 is 5.32 Å². The van der Waals surface area contributed by atoms with Gasteiger partial charge in [0.25, 0.3) is 0 Å². The van der Waals surface area contributed by atoms with Gasteiger partial charge in [-0.2, -0.15) is 0 Å². The summed E-state index contributed by atoms with van der Waals surface area (Å²) in [5.41, 5.74) is 4.37. The average Bonchev–Trinajstić information content (AvgIpc) is 2.84. The summed E-state index contributed by atoms with van der Waals surface area (Å²) in [5, 5.41) is 3.28. The van der Waals surface area contributed by atoms with Gasteiger partial charge >= 0.3 is 0 Å². The van der Waals surface area contributed by atoms with Crippen LogP contribution >= 0.6 is 0 Å². The number of hydrogen-bond donors (Lipinski definition) is 1. The Morgan fingerprint density at radius 3 is 1.32 bits per heavy atom. The second-order valence-corrected chi connectivity index (χ2v) is 7.83. The Hall–Kier alpha value is -3.65. The van der Waals surface area contributed by atoms with Crippen LogP contribution in [0.5, 0.6) is 0 Å². The van der Waals surface area contributed by atoms with Crippen LogP contribution in [0.15, 0.2) is 121 Å². The summed E-state index contributed by atoms with van der Waals surface area (Å²) >= 11 is 0. The zero-order valence-electron chi connectivity index (χ0n) is 17.7. The van der Waals surface area contributed by atoms with Crippen LogP contribution < -0.4 is 5.32 Å². The van der Waals surface area contributed by atoms with Crippen LogP contribution in [0.1, 0.15) is 47.1 Å². The van der Waals surface area contributed by atoms with Gasteiger partial charge in [0.2, 0.25) is 5.91 Å². The monoisotopic (exact) mass is 405 g/mol. The van der Waals surface area contributed by atoms with Crippen molar-refractivity contribution in [3.63, 3.8) is 0 Å². The minimum absolute atomic E-state index is 0.0280. The Morgan fingerprint density at radius 1 is 0.548 bits per heavy atom. The second-order valence-electron chi connectivity index (χ2n) is 7.83. The Labute approximate surface area is 184 Å². The van der Waals surface area contributed by atoms with E-state index >= 15 is 0 Å². The molecule has 2 nitrogen and oxygen atoms in total. The summed E-state index contributed by atoms with van der Waals surface area (Å²) in [5.74, 6) is -0.412. The van der Waals surface area contributed by atoms with Crippen LogP contribution in [-0.4, -0.2) is 5.91 Å². The van der Waals surface area contributed by atoms with Crippen molar-refractivity contribution in [3.05, 3.63) is 144 Å². The molecule has 4 aromatic rings. The quantitative estimate of drug-likeness (QED) is 0.375. The first-order chi connectivity index (χ1) is 15.2. The third-order valence-corrected chi connectivity index (χ3v) is 5.75. The number of carbonyl (C=O) groups is 1. The third kappa shape index (κ3) is 4.92. The summed E-state index contributed by atoms with van der Waals surface area (Å²) in [7, 11) is 0. The highest BCUT2D eigenvalue weighted by molar-refractivity contribution is 5.86. The van der Waals surface area contributed by atoms with E-state index in [0.717, 1.165) is 22.3 Å². The van der Waals surface area contributed by atoms with Gasteiger partial charge in [-0.25, -0.2) is 0 Å². The Morgan fingerprint density at radius 2 is 0.903 bits per heavy atom. The molecule has 0 aromatic heterocycles. The first kappa shape index (κ1) is 20.6. The molecule has 31 heavy (non-hydrogen) atoms. The largest absolute Gasteiger partial charge is 0.349 e. The van der Waals surface area contributed by atoms with Crippen LogP contribution in [-0.2, 0) is 4.79 Å². The van der Waals surface area contributed by atoms with Gasteiger partial charge in [0.1, 0.15) is 0 Å². The molecular weight excluding hydrogens is 378 g/mol. The van der Waals surface area contributed by atoms with E-state index in [1.165, 1.54) is 0 Å². The maximum atomic E-state index is 13.8. The van der Waals surface area contributed by atoms with E-state index in [2.05, 4.69) is 41.7 Å². The lowest BCUT2D eigenvalue weighted by Gasteiger charge is -2.29. The molecule has 2 unspecified atom stereocenters. The summed E-state index contributed by atoms with van der Waals surface area (Å²) < 4.78 is 0. The lowest BCUT2D eigenvalue weighted by atomic mass is 9.76. The first-order valence-electron chi connectivity index (χ1n) is 10.7. The lowest BCUT2D eigenvalue weighted by Crippen LogP contribution is -2.35. The van der Waals surface area contributed by atoms with Crippen LogP contribution in [0, 0.1) is 0 Å². The van der Waals surface area contributed by atoms with Gasteiger partial charge in [0.05, 0.1) is 12.0 Å². The van der Waals surface area contributed by atoms with Gasteiger partial charge in [-0.1, -0.05) is 121 Å². The molecule has 1 N–H and O–H groups in total. The average molecular weight is 406 g/mol. The van der Waals surface area contributed by atoms with E-state index in [-0.39, 0.29) is 23.8 Å². The van der Waals surface area contributed by atoms with Gasteiger partial charge in [0, 0.05) is 5.92 Å². The SMILES string of the molecule is CC(NC(=O)C(c1ccccc1)C(c1ccccc1)c1ccccc1)c1ccccc1. The Balaban J connectivity index is 1.76. The van der Waals surface area contributed by atoms with Crippen molar-refractivity contribution in [2.45, 2.75) is 24.8 Å². The van der Waals surface area contributed by atoms with Gasteiger partial charge in [0.15, 0.2) is 0 Å². The van der Waals surface area contributed by atoms with Crippen LogP contribution in [0.4, 0.5) is 0 Å². The molecule has 0 fully saturated rings. The molecule has 2 heteroatoms. The minimum Gasteiger partial charge on any atom is -0.349 e. The molecule has 0 aliphatic carbocycles. The molecule has 0 bridgehead atoms. The van der Waals surface area contributed by atoms with E-state index in [1.807, 2.05) is 91.9 Å². The Kier molecular flexibility index (Phi) is 6.59. The number of hydrogen-bond acceptors (Lipinski definition) is 1. The number of amides is 1. The van der Waals surface area contributed by atoms with Crippen molar-refractivity contribution < 1.29 is 4.79 Å². The summed E-state index contributed by atoms with van der Waals surface area (Å²) in [4.78, 5) is 13.8. The summed E-state index contributed by atoms with van der Waals surface area (Å²) in [6.07, 6.45) is 0. The van der Waals surface area contributed by atoms with Crippen LogP contribution in [0.2, 0.25) is 0 Å². The third-order valence-electron chi connectivity index (χ3n) is 5.75. The van der Waals surface area contributed by atoms with Crippen LogP contribution in [0.25, 0.3) is 0 Å². The predicted octanol–water partition coefficient (Wildman–Crippen LogP) is 6.48. The molecular formula is C29H27NO. The molecule has 0 heterocycles. The van der Waals surface area contributed by atoms with Crippen molar-refractivity contribution in [2.24, 2.45) is 0 Å². The molecule has 4 rings (SSSR count). The molecule has 0 saturated carbocycles. The minimum atomic E-state index is -0.350. The fourth-order valence-corrected chi connectivity index (χ4v) is 4.18. The summed E-state index contributed by atoms with van der Waals surface area (Å²) in [6, 6.07) is 40.8. The molecule has 2 atom stereocenters. The molecule has 4 aromatic carbocycles. The normalized spacial score (nSPS) is 12.8. The Bertz CT molecular complexity index is 1040. The smallest absolute Gasteiger partial charge is 0.228 e.